The number of thiazole rings is 1. The van der Waals surface area contributed by atoms with E-state index >= 15 is 0 Å². The highest BCUT2D eigenvalue weighted by Crippen LogP contribution is 2.21. The maximum atomic E-state index is 5.54. The molecule has 0 aromatic carbocycles. The van der Waals surface area contributed by atoms with Crippen LogP contribution < -0.4 is 10.6 Å². The molecule has 126 valence electrons. The topological polar surface area (TPSA) is 58.5 Å². The van der Waals surface area contributed by atoms with Crippen molar-refractivity contribution in [2.75, 3.05) is 33.0 Å². The Morgan fingerprint density at radius 1 is 1.45 bits per heavy atom. The predicted octanol–water partition coefficient (Wildman–Crippen LogP) is 2.85. The maximum Gasteiger partial charge on any atom is 0.191 e. The average molecular weight is 345 g/mol. The van der Waals surface area contributed by atoms with Gasteiger partial charge in [-0.25, -0.2) is 4.98 Å². The van der Waals surface area contributed by atoms with Crippen LogP contribution in [0.15, 0.2) is 20.9 Å². The highest BCUT2D eigenvalue weighted by molar-refractivity contribution is 8.00. The van der Waals surface area contributed by atoms with Gasteiger partial charge in [-0.05, 0) is 11.8 Å². The molecule has 1 atom stereocenters. The van der Waals surface area contributed by atoms with E-state index in [4.69, 9.17) is 4.74 Å². The van der Waals surface area contributed by atoms with Crippen LogP contribution in [0, 0.1) is 5.41 Å². The summed E-state index contributed by atoms with van der Waals surface area (Å²) >= 11 is 3.49. The molecule has 5 nitrogen and oxygen atoms in total. The first kappa shape index (κ1) is 19.3. The van der Waals surface area contributed by atoms with Crippen LogP contribution in [0.4, 0.5) is 0 Å². The van der Waals surface area contributed by atoms with Crippen molar-refractivity contribution in [2.24, 2.45) is 10.4 Å². The molecule has 0 fully saturated rings. The third-order valence-corrected chi connectivity index (χ3v) is 5.23. The molecule has 1 rings (SSSR count). The Hall–Kier alpha value is -0.790. The summed E-state index contributed by atoms with van der Waals surface area (Å²) in [5, 5.41) is 8.67. The van der Waals surface area contributed by atoms with Crippen molar-refractivity contribution in [3.05, 3.63) is 11.6 Å². The number of nitrogens with one attached hydrogen (secondary N) is 2. The third-order valence-electron chi connectivity index (χ3n) is 3.18. The van der Waals surface area contributed by atoms with Gasteiger partial charge in [0.05, 0.1) is 6.10 Å². The molecule has 0 amide bonds. The summed E-state index contributed by atoms with van der Waals surface area (Å²) in [6.45, 7) is 8.16. The summed E-state index contributed by atoms with van der Waals surface area (Å²) in [4.78, 5) is 8.50. The van der Waals surface area contributed by atoms with E-state index in [-0.39, 0.29) is 11.5 Å². The molecule has 0 aliphatic rings. The van der Waals surface area contributed by atoms with Gasteiger partial charge in [0, 0.05) is 44.6 Å². The highest BCUT2D eigenvalue weighted by atomic mass is 32.2. The van der Waals surface area contributed by atoms with Crippen molar-refractivity contribution in [1.29, 1.82) is 0 Å². The van der Waals surface area contributed by atoms with Gasteiger partial charge in [-0.15, -0.1) is 11.3 Å². The molecular formula is C15H28N4OS2. The van der Waals surface area contributed by atoms with E-state index < -0.39 is 0 Å². The van der Waals surface area contributed by atoms with E-state index in [1.807, 2.05) is 11.6 Å². The number of hydrogen-bond donors (Lipinski definition) is 2. The second-order valence-electron chi connectivity index (χ2n) is 5.97. The standard InChI is InChI=1S/C15H28N4OS2/c1-15(2,3)12(20-5)11-19-13(16-4)17-7-6-9-21-14-18-8-10-22-14/h8,10,12H,6-7,9,11H2,1-5H3,(H2,16,17,19). The monoisotopic (exact) mass is 344 g/mol. The maximum absolute atomic E-state index is 5.54. The quantitative estimate of drug-likeness (QED) is 0.329. The van der Waals surface area contributed by atoms with Crippen molar-refractivity contribution in [2.45, 2.75) is 37.6 Å². The van der Waals surface area contributed by atoms with Gasteiger partial charge >= 0.3 is 0 Å². The molecule has 1 unspecified atom stereocenters. The first-order valence-corrected chi connectivity index (χ1v) is 9.33. The third kappa shape index (κ3) is 7.47. The Kier molecular flexibility index (Phi) is 8.82. The summed E-state index contributed by atoms with van der Waals surface area (Å²) in [5.41, 5.74) is 0.102. The number of aromatic nitrogens is 1. The lowest BCUT2D eigenvalue weighted by molar-refractivity contribution is 0.0205. The van der Waals surface area contributed by atoms with Gasteiger partial charge in [0.25, 0.3) is 0 Å². The Bertz CT molecular complexity index is 429. The molecular weight excluding hydrogens is 316 g/mol. The molecule has 0 radical (unpaired) electrons. The minimum absolute atomic E-state index is 0.102. The largest absolute Gasteiger partial charge is 0.379 e. The minimum Gasteiger partial charge on any atom is -0.379 e. The molecule has 1 heterocycles. The van der Waals surface area contributed by atoms with Crippen LogP contribution in [-0.2, 0) is 4.74 Å². The van der Waals surface area contributed by atoms with Crippen molar-refractivity contribution < 1.29 is 4.74 Å². The lowest BCUT2D eigenvalue weighted by Crippen LogP contribution is -2.45. The molecule has 0 aliphatic heterocycles. The summed E-state index contributed by atoms with van der Waals surface area (Å²) < 4.78 is 6.67. The lowest BCUT2D eigenvalue weighted by Gasteiger charge is -2.30. The Morgan fingerprint density at radius 2 is 2.23 bits per heavy atom. The van der Waals surface area contributed by atoms with Crippen molar-refractivity contribution in [3.8, 4) is 0 Å². The van der Waals surface area contributed by atoms with Gasteiger partial charge in [-0.1, -0.05) is 32.5 Å². The highest BCUT2D eigenvalue weighted by Gasteiger charge is 2.24. The number of ether oxygens (including phenoxy) is 1. The van der Waals surface area contributed by atoms with Crippen molar-refractivity contribution >= 4 is 29.1 Å². The summed E-state index contributed by atoms with van der Waals surface area (Å²) in [6.07, 6.45) is 3.06. The number of guanidine groups is 1. The van der Waals surface area contributed by atoms with E-state index in [9.17, 15) is 0 Å². The Labute approximate surface area is 142 Å². The Morgan fingerprint density at radius 3 is 2.77 bits per heavy atom. The number of thioether (sulfide) groups is 1. The van der Waals surface area contributed by atoms with Crippen LogP contribution in [0.2, 0.25) is 0 Å². The van der Waals surface area contributed by atoms with E-state index in [1.54, 1.807) is 37.3 Å². The molecule has 1 aromatic heterocycles. The summed E-state index contributed by atoms with van der Waals surface area (Å²) in [5.74, 6) is 1.88. The summed E-state index contributed by atoms with van der Waals surface area (Å²) in [6, 6.07) is 0. The van der Waals surface area contributed by atoms with Crippen LogP contribution in [-0.4, -0.2) is 50.0 Å². The van der Waals surface area contributed by atoms with Crippen LogP contribution in [0.3, 0.4) is 0 Å². The smallest absolute Gasteiger partial charge is 0.191 e. The molecule has 7 heteroatoms. The molecule has 0 aliphatic carbocycles. The molecule has 0 bridgehead atoms. The number of nitrogens with zero attached hydrogens (tertiary/aromatic N) is 2. The van der Waals surface area contributed by atoms with Gasteiger partial charge < -0.3 is 15.4 Å². The fourth-order valence-corrected chi connectivity index (χ4v) is 3.52. The zero-order valence-corrected chi connectivity index (χ0v) is 15.8. The number of aliphatic imine (C=N–C) groups is 1. The van der Waals surface area contributed by atoms with E-state index in [0.29, 0.717) is 0 Å². The molecule has 0 spiro atoms. The second kappa shape index (κ2) is 10.1. The molecule has 0 saturated carbocycles. The van der Waals surface area contributed by atoms with Gasteiger partial charge in [0.1, 0.15) is 4.34 Å². The van der Waals surface area contributed by atoms with Crippen LogP contribution in [0.25, 0.3) is 0 Å². The van der Waals surface area contributed by atoms with Gasteiger partial charge in [-0.3, -0.25) is 4.99 Å². The van der Waals surface area contributed by atoms with Crippen molar-refractivity contribution in [3.63, 3.8) is 0 Å². The lowest BCUT2D eigenvalue weighted by atomic mass is 9.89. The van der Waals surface area contributed by atoms with Crippen LogP contribution in [0.1, 0.15) is 27.2 Å². The van der Waals surface area contributed by atoms with Gasteiger partial charge in [-0.2, -0.15) is 0 Å². The molecule has 22 heavy (non-hydrogen) atoms. The Balaban J connectivity index is 2.19. The normalized spacial score (nSPS) is 14.0. The average Bonchev–Trinajstić information content (AvgIpc) is 2.97. The number of methoxy groups -OCH3 is 1. The first-order chi connectivity index (χ1) is 10.5. The number of hydrogen-bond acceptors (Lipinski definition) is 5. The zero-order valence-electron chi connectivity index (χ0n) is 14.2. The van der Waals surface area contributed by atoms with Gasteiger partial charge in [0.15, 0.2) is 5.96 Å². The fraction of sp³-hybridized carbons (Fsp3) is 0.733. The SMILES string of the molecule is CN=C(NCCCSc1nccs1)NCC(OC)C(C)(C)C. The van der Waals surface area contributed by atoms with Gasteiger partial charge in [0.2, 0.25) is 0 Å². The second-order valence-corrected chi connectivity index (χ2v) is 8.21. The van der Waals surface area contributed by atoms with Crippen molar-refractivity contribution in [1.82, 2.24) is 15.6 Å². The van der Waals surface area contributed by atoms with Crippen LogP contribution in [0.5, 0.6) is 0 Å². The number of rotatable bonds is 8. The minimum atomic E-state index is 0.102. The molecule has 2 N–H and O–H groups in total. The fourth-order valence-electron chi connectivity index (χ4n) is 1.87. The zero-order chi connectivity index (χ0) is 16.4. The van der Waals surface area contributed by atoms with E-state index in [1.165, 1.54) is 0 Å². The molecule has 1 aromatic rings. The van der Waals surface area contributed by atoms with Crippen LogP contribution >= 0.6 is 23.1 Å². The predicted molar refractivity (Wildman–Crippen MR) is 97.1 cm³/mol. The van der Waals surface area contributed by atoms with E-state index in [2.05, 4.69) is 41.4 Å². The first-order valence-electron chi connectivity index (χ1n) is 7.47. The summed E-state index contributed by atoms with van der Waals surface area (Å²) in [7, 11) is 3.54. The molecule has 0 saturated heterocycles. The van der Waals surface area contributed by atoms with E-state index in [0.717, 1.165) is 35.6 Å².